The SMILES string of the molecule is CC(C)(C)OC(=O)N[C@@H](Cc1ccc(OS(C)(=O)=O)cc1)C(=O)O[C@@H](Cc1c(Cl)c[n+]([O-])cc1Cl)c1ccc(OC(F)F)c(OCC2CC2)c1. The van der Waals surface area contributed by atoms with Gasteiger partial charge >= 0.3 is 28.8 Å². The molecule has 0 bridgehead atoms. The quantitative estimate of drug-likeness (QED) is 0.0806. The van der Waals surface area contributed by atoms with Crippen molar-refractivity contribution >= 4 is 45.4 Å². The number of alkyl halides is 2. The van der Waals surface area contributed by atoms with E-state index < -0.39 is 46.5 Å². The Morgan fingerprint density at radius 3 is 2.22 bits per heavy atom. The monoisotopic (exact) mass is 760 g/mol. The number of halogens is 4. The van der Waals surface area contributed by atoms with Gasteiger partial charge in [-0.25, -0.2) is 9.59 Å². The van der Waals surface area contributed by atoms with E-state index in [4.69, 9.17) is 41.6 Å². The number of hydrogen-bond donors (Lipinski definition) is 1. The van der Waals surface area contributed by atoms with Crippen LogP contribution < -0.4 is 23.7 Å². The van der Waals surface area contributed by atoms with Gasteiger partial charge in [0, 0.05) is 18.4 Å². The molecule has 2 aromatic carbocycles. The number of amides is 1. The summed E-state index contributed by atoms with van der Waals surface area (Å²) in [7, 11) is -3.79. The molecule has 4 rings (SSSR count). The molecule has 0 spiro atoms. The van der Waals surface area contributed by atoms with E-state index in [0.29, 0.717) is 10.3 Å². The van der Waals surface area contributed by atoms with E-state index in [9.17, 15) is 32.0 Å². The molecule has 3 aromatic rings. The van der Waals surface area contributed by atoms with Crippen LogP contribution in [0.25, 0.3) is 0 Å². The zero-order valence-corrected chi connectivity index (χ0v) is 29.8. The van der Waals surface area contributed by atoms with Gasteiger partial charge in [-0.2, -0.15) is 21.9 Å². The molecule has 50 heavy (non-hydrogen) atoms. The van der Waals surface area contributed by atoms with E-state index in [0.717, 1.165) is 31.5 Å². The molecule has 0 unspecified atom stereocenters. The molecule has 0 radical (unpaired) electrons. The largest absolute Gasteiger partial charge is 0.619 e. The first-order valence-electron chi connectivity index (χ1n) is 15.3. The van der Waals surface area contributed by atoms with Gasteiger partial charge in [0.2, 0.25) is 0 Å². The molecule has 17 heteroatoms. The van der Waals surface area contributed by atoms with Crippen LogP contribution in [0.15, 0.2) is 54.9 Å². The molecule has 0 saturated heterocycles. The first-order chi connectivity index (χ1) is 23.3. The van der Waals surface area contributed by atoms with Gasteiger partial charge < -0.3 is 33.7 Å². The molecule has 1 fully saturated rings. The minimum atomic E-state index is -3.79. The van der Waals surface area contributed by atoms with Crippen molar-refractivity contribution in [3.05, 3.63) is 86.8 Å². The van der Waals surface area contributed by atoms with Crippen molar-refractivity contribution in [2.45, 2.75) is 70.8 Å². The summed E-state index contributed by atoms with van der Waals surface area (Å²) in [5.74, 6) is -0.888. The number of rotatable bonds is 15. The van der Waals surface area contributed by atoms with E-state index in [1.807, 2.05) is 0 Å². The summed E-state index contributed by atoms with van der Waals surface area (Å²) < 4.78 is 76.6. The number of pyridine rings is 1. The van der Waals surface area contributed by atoms with Gasteiger partial charge in [0.15, 0.2) is 23.9 Å². The highest BCUT2D eigenvalue weighted by Gasteiger charge is 2.31. The maximum absolute atomic E-state index is 14.0. The third-order valence-corrected chi connectivity index (χ3v) is 8.17. The maximum atomic E-state index is 14.0. The summed E-state index contributed by atoms with van der Waals surface area (Å²) in [4.78, 5) is 26.8. The number of benzene rings is 2. The van der Waals surface area contributed by atoms with E-state index >= 15 is 0 Å². The number of ether oxygens (including phenoxy) is 4. The Balaban J connectivity index is 1.69. The smallest absolute Gasteiger partial charge is 0.408 e. The lowest BCUT2D eigenvalue weighted by Gasteiger charge is -2.26. The third kappa shape index (κ3) is 12.4. The van der Waals surface area contributed by atoms with Crippen molar-refractivity contribution in [3.8, 4) is 17.2 Å². The Morgan fingerprint density at radius 2 is 1.66 bits per heavy atom. The first kappa shape index (κ1) is 38.7. The number of nitrogens with zero attached hydrogens (tertiary/aromatic N) is 1. The van der Waals surface area contributed by atoms with Crippen LogP contribution in [0.2, 0.25) is 10.0 Å². The van der Waals surface area contributed by atoms with Crippen molar-refractivity contribution in [1.82, 2.24) is 5.32 Å². The summed E-state index contributed by atoms with van der Waals surface area (Å²) in [5, 5.41) is 14.4. The standard InChI is InChI=1S/C33H36Cl2F2N2O10S/c1-33(2,3)48-32(41)38-26(13-19-7-10-22(11-8-19)49-50(4,43)44)30(40)46-28(15-23-24(34)16-39(42)17-25(23)35)21-9-12-27(47-31(36)37)29(14-21)45-18-20-5-6-20/h7-12,14,16-17,20,26,28,31H,5-6,13,15,18H2,1-4H3,(H,38,41)/t26-,28-/m0/s1. The predicted octanol–water partition coefficient (Wildman–Crippen LogP) is 6.32. The lowest BCUT2D eigenvalue weighted by atomic mass is 10.0. The second-order valence-corrected chi connectivity index (χ2v) is 15.0. The van der Waals surface area contributed by atoms with Crippen LogP contribution in [0.3, 0.4) is 0 Å². The Kier molecular flexibility index (Phi) is 12.6. The van der Waals surface area contributed by atoms with Gasteiger partial charge in [-0.3, -0.25) is 0 Å². The number of carbonyl (C=O) groups is 2. The molecule has 1 saturated carbocycles. The van der Waals surface area contributed by atoms with Crippen molar-refractivity contribution in [1.29, 1.82) is 0 Å². The molecule has 1 N–H and O–H groups in total. The Bertz CT molecular complexity index is 1760. The van der Waals surface area contributed by atoms with Crippen molar-refractivity contribution in [2.24, 2.45) is 5.92 Å². The molecule has 1 amide bonds. The van der Waals surface area contributed by atoms with E-state index in [-0.39, 0.29) is 63.8 Å². The zero-order valence-electron chi connectivity index (χ0n) is 27.5. The number of carbonyl (C=O) groups excluding carboxylic acids is 2. The topological polar surface area (TPSA) is 153 Å². The Labute approximate surface area is 298 Å². The van der Waals surface area contributed by atoms with Gasteiger partial charge in [-0.15, -0.1) is 0 Å². The molecule has 12 nitrogen and oxygen atoms in total. The fraction of sp³-hybridized carbons (Fsp3) is 0.424. The third-order valence-electron chi connectivity index (χ3n) is 7.02. The summed E-state index contributed by atoms with van der Waals surface area (Å²) in [6.45, 7) is 2.03. The molecule has 1 aromatic heterocycles. The molecular weight excluding hydrogens is 725 g/mol. The Hall–Kier alpha value is -4.08. The minimum Gasteiger partial charge on any atom is -0.619 e. The van der Waals surface area contributed by atoms with Gasteiger partial charge in [0.25, 0.3) is 0 Å². The van der Waals surface area contributed by atoms with Crippen LogP contribution in [0.5, 0.6) is 17.2 Å². The van der Waals surface area contributed by atoms with Crippen molar-refractivity contribution in [3.63, 3.8) is 0 Å². The van der Waals surface area contributed by atoms with Crippen molar-refractivity contribution in [2.75, 3.05) is 12.9 Å². The van der Waals surface area contributed by atoms with Gasteiger partial charge in [0.1, 0.15) is 33.5 Å². The second kappa shape index (κ2) is 16.3. The van der Waals surface area contributed by atoms with Crippen LogP contribution in [0.4, 0.5) is 13.6 Å². The van der Waals surface area contributed by atoms with Crippen LogP contribution in [0, 0.1) is 11.1 Å². The van der Waals surface area contributed by atoms with Crippen LogP contribution >= 0.6 is 23.2 Å². The van der Waals surface area contributed by atoms with Gasteiger partial charge in [-0.1, -0.05) is 41.4 Å². The maximum Gasteiger partial charge on any atom is 0.408 e. The molecule has 0 aliphatic heterocycles. The highest BCUT2D eigenvalue weighted by Crippen LogP contribution is 2.38. The van der Waals surface area contributed by atoms with Gasteiger partial charge in [-0.05, 0) is 74.9 Å². The number of nitrogens with one attached hydrogen (secondary N) is 1. The average Bonchev–Trinajstić information content (AvgIpc) is 3.81. The van der Waals surface area contributed by atoms with Crippen molar-refractivity contribution < 1.29 is 54.6 Å². The highest BCUT2D eigenvalue weighted by atomic mass is 35.5. The number of aromatic nitrogens is 1. The van der Waals surface area contributed by atoms with Gasteiger partial charge in [0.05, 0.1) is 12.9 Å². The van der Waals surface area contributed by atoms with Crippen LogP contribution in [-0.4, -0.2) is 51.6 Å². The summed E-state index contributed by atoms with van der Waals surface area (Å²) in [6, 6.07) is 8.45. The zero-order chi connectivity index (χ0) is 36.8. The van der Waals surface area contributed by atoms with E-state index in [1.54, 1.807) is 20.8 Å². The predicted molar refractivity (Wildman–Crippen MR) is 178 cm³/mol. The molecule has 272 valence electrons. The van der Waals surface area contributed by atoms with E-state index in [2.05, 4.69) is 10.1 Å². The molecule has 1 aliphatic carbocycles. The summed E-state index contributed by atoms with van der Waals surface area (Å²) >= 11 is 12.7. The summed E-state index contributed by atoms with van der Waals surface area (Å²) in [5.41, 5.74) is 0.0858. The number of esters is 1. The number of hydrogen-bond acceptors (Lipinski definition) is 10. The van der Waals surface area contributed by atoms with Crippen LogP contribution in [0.1, 0.15) is 56.4 Å². The Morgan fingerprint density at radius 1 is 1.02 bits per heavy atom. The van der Waals surface area contributed by atoms with Crippen LogP contribution in [-0.2, 0) is 37.2 Å². The lowest BCUT2D eigenvalue weighted by molar-refractivity contribution is -0.605. The summed E-state index contributed by atoms with van der Waals surface area (Å²) in [6.07, 6.45) is 2.42. The second-order valence-electron chi connectivity index (χ2n) is 12.6. The highest BCUT2D eigenvalue weighted by molar-refractivity contribution is 7.86. The molecule has 1 aliphatic rings. The first-order valence-corrected chi connectivity index (χ1v) is 17.9. The average molecular weight is 762 g/mol. The normalized spacial score (nSPS) is 14.4. The lowest BCUT2D eigenvalue weighted by Crippen LogP contribution is -2.45. The fourth-order valence-corrected chi connectivity index (χ4v) is 5.68. The number of alkyl carbamates (subject to hydrolysis) is 1. The minimum absolute atomic E-state index is 0.0155. The fourth-order valence-electron chi connectivity index (χ4n) is 4.62. The molecular formula is C33H36Cl2F2N2O10S. The molecule has 1 heterocycles. The van der Waals surface area contributed by atoms with E-state index in [1.165, 1.54) is 42.5 Å². The molecule has 2 atom stereocenters.